The Labute approximate surface area is 243 Å². The van der Waals surface area contributed by atoms with Crippen molar-refractivity contribution in [1.82, 2.24) is 0 Å². The molecule has 0 radical (unpaired) electrons. The highest BCUT2D eigenvalue weighted by atomic mass is 14.9. The molecular formula is C39H47N. The first kappa shape index (κ1) is 28.2. The maximum Gasteiger partial charge on any atom is 0.0386 e. The highest BCUT2D eigenvalue weighted by Crippen LogP contribution is 2.28. The van der Waals surface area contributed by atoms with Crippen LogP contribution in [0.4, 0.5) is 11.4 Å². The molecular weight excluding hydrogens is 482 g/mol. The first-order valence-corrected chi connectivity index (χ1v) is 15.9. The molecule has 0 bridgehead atoms. The molecule has 1 aliphatic carbocycles. The van der Waals surface area contributed by atoms with E-state index in [4.69, 9.17) is 0 Å². The Balaban J connectivity index is 1.01. The smallest absolute Gasteiger partial charge is 0.0386 e. The minimum absolute atomic E-state index is 0.669. The van der Waals surface area contributed by atoms with Gasteiger partial charge in [0.25, 0.3) is 0 Å². The minimum atomic E-state index is 0.669. The molecule has 1 heteroatoms. The van der Waals surface area contributed by atoms with Gasteiger partial charge in [0.2, 0.25) is 0 Å². The highest BCUT2D eigenvalue weighted by molar-refractivity contribution is 5.68. The van der Waals surface area contributed by atoms with Crippen LogP contribution in [0.2, 0.25) is 0 Å². The summed E-state index contributed by atoms with van der Waals surface area (Å²) in [7, 11) is 0. The van der Waals surface area contributed by atoms with E-state index < -0.39 is 0 Å². The Kier molecular flexibility index (Phi) is 10.1. The molecule has 4 aromatic carbocycles. The van der Waals surface area contributed by atoms with Gasteiger partial charge in [0.15, 0.2) is 0 Å². The van der Waals surface area contributed by atoms with E-state index in [-0.39, 0.29) is 0 Å². The van der Waals surface area contributed by atoms with Gasteiger partial charge in [0.1, 0.15) is 0 Å². The van der Waals surface area contributed by atoms with Crippen LogP contribution in [0.1, 0.15) is 98.9 Å². The molecule has 0 heterocycles. The number of anilines is 2. The molecule has 0 amide bonds. The topological polar surface area (TPSA) is 12.0 Å². The molecule has 0 fully saturated rings. The molecule has 0 spiro atoms. The average molecular weight is 530 g/mol. The van der Waals surface area contributed by atoms with Gasteiger partial charge in [-0.15, -0.1) is 0 Å². The number of rotatable bonds is 15. The monoisotopic (exact) mass is 529 g/mol. The van der Waals surface area contributed by atoms with Gasteiger partial charge in [-0.25, -0.2) is 0 Å². The van der Waals surface area contributed by atoms with Crippen LogP contribution in [0.3, 0.4) is 0 Å². The number of aryl methyl sites for hydroxylation is 4. The molecule has 0 unspecified atom stereocenters. The van der Waals surface area contributed by atoms with Gasteiger partial charge in [-0.1, -0.05) is 106 Å². The number of hydrogen-bond donors (Lipinski definition) is 1. The van der Waals surface area contributed by atoms with E-state index in [0.29, 0.717) is 5.92 Å². The third kappa shape index (κ3) is 7.66. The Morgan fingerprint density at radius 1 is 0.550 bits per heavy atom. The lowest BCUT2D eigenvalue weighted by Gasteiger charge is -2.19. The molecule has 208 valence electrons. The van der Waals surface area contributed by atoms with Gasteiger partial charge in [0, 0.05) is 11.4 Å². The number of fused-ring (bicyclic) bond motifs is 1. The van der Waals surface area contributed by atoms with Crippen molar-refractivity contribution in [2.24, 2.45) is 0 Å². The number of hydrogen-bond acceptors (Lipinski definition) is 1. The van der Waals surface area contributed by atoms with Crippen molar-refractivity contribution in [2.75, 3.05) is 5.32 Å². The molecule has 1 nitrogen and oxygen atoms in total. The SMILES string of the molecule is CCC(CC)c1ccc(-c2ccc(Nc3cccc(CCCCCCCCc4ccc5c(c4)CC5)c3)cc2)cc1. The summed E-state index contributed by atoms with van der Waals surface area (Å²) in [6.07, 6.45) is 15.4. The lowest BCUT2D eigenvalue weighted by Crippen LogP contribution is -2.08. The second-order valence-electron chi connectivity index (χ2n) is 11.8. The van der Waals surface area contributed by atoms with Crippen molar-refractivity contribution >= 4 is 11.4 Å². The first-order valence-electron chi connectivity index (χ1n) is 15.9. The molecule has 0 atom stereocenters. The normalized spacial score (nSPS) is 12.3. The van der Waals surface area contributed by atoms with Crippen LogP contribution < -0.4 is 5.32 Å². The summed E-state index contributed by atoms with van der Waals surface area (Å²) in [5.74, 6) is 0.669. The van der Waals surface area contributed by atoms with Crippen molar-refractivity contribution in [3.63, 3.8) is 0 Å². The zero-order valence-corrected chi connectivity index (χ0v) is 24.7. The molecule has 0 saturated heterocycles. The van der Waals surface area contributed by atoms with Crippen molar-refractivity contribution in [3.05, 3.63) is 119 Å². The number of unbranched alkanes of at least 4 members (excludes halogenated alkanes) is 5. The zero-order chi connectivity index (χ0) is 27.6. The minimum Gasteiger partial charge on any atom is -0.356 e. The molecule has 5 rings (SSSR count). The summed E-state index contributed by atoms with van der Waals surface area (Å²) in [5.41, 5.74) is 12.5. The predicted octanol–water partition coefficient (Wildman–Crippen LogP) is 11.2. The van der Waals surface area contributed by atoms with Crippen LogP contribution in [-0.4, -0.2) is 0 Å². The lowest BCUT2D eigenvalue weighted by molar-refractivity contribution is 0.593. The van der Waals surface area contributed by atoms with Crippen LogP contribution in [0.15, 0.2) is 91.0 Å². The van der Waals surface area contributed by atoms with Crippen LogP contribution >= 0.6 is 0 Å². The molecule has 0 aromatic heterocycles. The third-order valence-electron chi connectivity index (χ3n) is 8.92. The van der Waals surface area contributed by atoms with Gasteiger partial charge in [-0.05, 0) is 120 Å². The Hall–Kier alpha value is -3.32. The van der Waals surface area contributed by atoms with E-state index in [1.165, 1.54) is 98.6 Å². The van der Waals surface area contributed by atoms with Crippen molar-refractivity contribution in [1.29, 1.82) is 0 Å². The fourth-order valence-corrected chi connectivity index (χ4v) is 6.19. The predicted molar refractivity (Wildman–Crippen MR) is 174 cm³/mol. The van der Waals surface area contributed by atoms with Gasteiger partial charge in [-0.2, -0.15) is 0 Å². The summed E-state index contributed by atoms with van der Waals surface area (Å²) in [5, 5.41) is 3.61. The summed E-state index contributed by atoms with van der Waals surface area (Å²) in [4.78, 5) is 0. The quantitative estimate of drug-likeness (QED) is 0.151. The average Bonchev–Trinajstić information content (AvgIpc) is 2.97. The van der Waals surface area contributed by atoms with Gasteiger partial charge < -0.3 is 5.32 Å². The third-order valence-corrected chi connectivity index (χ3v) is 8.92. The van der Waals surface area contributed by atoms with Crippen LogP contribution in [0, 0.1) is 0 Å². The molecule has 4 aromatic rings. The standard InChI is InChI=1S/C39H47N/c1-3-32(4-2)33-18-20-34(21-19-33)35-24-26-38(27-25-35)40-39-15-11-14-30(29-39)12-9-7-5-6-8-10-13-31-16-17-36-22-23-37(36)28-31/h11,14-21,24-29,32,40H,3-10,12-13,22-23H2,1-2H3. The Morgan fingerprint density at radius 2 is 1.15 bits per heavy atom. The van der Waals surface area contributed by atoms with E-state index in [1.807, 2.05) is 0 Å². The lowest BCUT2D eigenvalue weighted by atomic mass is 9.86. The molecule has 0 aliphatic heterocycles. The van der Waals surface area contributed by atoms with Crippen molar-refractivity contribution in [3.8, 4) is 11.1 Å². The van der Waals surface area contributed by atoms with E-state index in [1.54, 1.807) is 16.7 Å². The summed E-state index contributed by atoms with van der Waals surface area (Å²) in [6, 6.07) is 34.1. The largest absolute Gasteiger partial charge is 0.356 e. The second-order valence-corrected chi connectivity index (χ2v) is 11.8. The molecule has 1 N–H and O–H groups in total. The van der Waals surface area contributed by atoms with E-state index >= 15 is 0 Å². The summed E-state index contributed by atoms with van der Waals surface area (Å²) < 4.78 is 0. The zero-order valence-electron chi connectivity index (χ0n) is 24.7. The highest BCUT2D eigenvalue weighted by Gasteiger charge is 2.12. The van der Waals surface area contributed by atoms with Crippen LogP contribution in [-0.2, 0) is 25.7 Å². The summed E-state index contributed by atoms with van der Waals surface area (Å²) >= 11 is 0. The first-order chi connectivity index (χ1) is 19.7. The van der Waals surface area contributed by atoms with Crippen LogP contribution in [0.25, 0.3) is 11.1 Å². The molecule has 40 heavy (non-hydrogen) atoms. The van der Waals surface area contributed by atoms with Crippen LogP contribution in [0.5, 0.6) is 0 Å². The number of nitrogens with one attached hydrogen (secondary N) is 1. The Bertz CT molecular complexity index is 1330. The van der Waals surface area contributed by atoms with Crippen molar-refractivity contribution < 1.29 is 0 Å². The van der Waals surface area contributed by atoms with Gasteiger partial charge in [-0.3, -0.25) is 0 Å². The Morgan fingerprint density at radius 3 is 1.75 bits per heavy atom. The maximum atomic E-state index is 3.61. The van der Waals surface area contributed by atoms with Gasteiger partial charge in [0.05, 0.1) is 0 Å². The summed E-state index contributed by atoms with van der Waals surface area (Å²) in [6.45, 7) is 4.56. The van der Waals surface area contributed by atoms with Crippen molar-refractivity contribution in [2.45, 2.75) is 96.8 Å². The van der Waals surface area contributed by atoms with E-state index in [2.05, 4.69) is 110 Å². The fraction of sp³-hybridized carbons (Fsp3) is 0.385. The molecule has 1 aliphatic rings. The van der Waals surface area contributed by atoms with Gasteiger partial charge >= 0.3 is 0 Å². The second kappa shape index (κ2) is 14.4. The molecule has 0 saturated carbocycles. The van der Waals surface area contributed by atoms with E-state index in [9.17, 15) is 0 Å². The maximum absolute atomic E-state index is 3.61. The fourth-order valence-electron chi connectivity index (χ4n) is 6.19. The van der Waals surface area contributed by atoms with E-state index in [0.717, 1.165) is 12.1 Å². The number of benzene rings is 4.